The Hall–Kier alpha value is -3.15. The smallest absolute Gasteiger partial charge is 0.316 e. The van der Waals surface area contributed by atoms with E-state index in [1.54, 1.807) is 0 Å². The first-order valence-corrected chi connectivity index (χ1v) is 11.6. The molecule has 9 nitrogen and oxygen atoms in total. The van der Waals surface area contributed by atoms with Crippen LogP contribution in [0.25, 0.3) is 22.1 Å². The lowest BCUT2D eigenvalue weighted by Crippen LogP contribution is -2.14. The van der Waals surface area contributed by atoms with Crippen LogP contribution in [-0.4, -0.2) is 43.3 Å². The quantitative estimate of drug-likeness (QED) is 0.183. The fourth-order valence-corrected chi connectivity index (χ4v) is 4.06. The number of primary sulfonamides is 1. The number of aromatic nitrogens is 2. The third-order valence-corrected chi connectivity index (χ3v) is 6.09. The van der Waals surface area contributed by atoms with Crippen molar-refractivity contribution in [3.8, 4) is 5.75 Å². The van der Waals surface area contributed by atoms with E-state index in [2.05, 4.69) is 9.97 Å². The molecule has 2 heterocycles. The molecule has 4 aromatic rings. The molecule has 0 aliphatic carbocycles. The Morgan fingerprint density at radius 1 is 1.06 bits per heavy atom. The summed E-state index contributed by atoms with van der Waals surface area (Å²) in [5.74, 6) is 0.0544. The van der Waals surface area contributed by atoms with Crippen molar-refractivity contribution in [2.24, 2.45) is 5.14 Å². The van der Waals surface area contributed by atoms with Crippen LogP contribution in [0.4, 0.5) is 0 Å². The lowest BCUT2D eigenvalue weighted by molar-refractivity contribution is -0.141. The van der Waals surface area contributed by atoms with E-state index in [0.29, 0.717) is 27.5 Å². The van der Waals surface area contributed by atoms with Gasteiger partial charge >= 0.3 is 5.97 Å². The third kappa shape index (κ3) is 4.95. The molecule has 2 aromatic carbocycles. The summed E-state index contributed by atoms with van der Waals surface area (Å²) < 4.78 is 38.9. The van der Waals surface area contributed by atoms with Gasteiger partial charge in [-0.3, -0.25) is 4.79 Å². The van der Waals surface area contributed by atoms with Crippen LogP contribution in [0.2, 0.25) is 0 Å². The largest absolute Gasteiger partial charge is 0.490 e. The summed E-state index contributed by atoms with van der Waals surface area (Å²) in [5, 5.41) is 6.49. The minimum absolute atomic E-state index is 0.00779. The highest BCUT2D eigenvalue weighted by Crippen LogP contribution is 2.32. The number of hydrogen-bond acceptors (Lipinski definition) is 9. The lowest BCUT2D eigenvalue weighted by atomic mass is 10.2. The summed E-state index contributed by atoms with van der Waals surface area (Å²) in [7, 11) is -3.75. The standard InChI is InChI=1S/C20H17N3O6S2/c21-31(25,26)14-7-5-13(6-8-14)27-9-10-28-17(24)11-30-20-19-18(22-12-23-20)15-3-1-2-4-16(15)29-19/h1-8,12H,9-11H2,(H2,21,25,26). The van der Waals surface area contributed by atoms with Crippen molar-refractivity contribution >= 4 is 49.8 Å². The van der Waals surface area contributed by atoms with Crippen molar-refractivity contribution in [1.82, 2.24) is 9.97 Å². The number of furan rings is 1. The van der Waals surface area contributed by atoms with Crippen LogP contribution >= 0.6 is 11.8 Å². The van der Waals surface area contributed by atoms with Crippen molar-refractivity contribution in [1.29, 1.82) is 0 Å². The van der Waals surface area contributed by atoms with Crippen LogP contribution in [0.1, 0.15) is 0 Å². The van der Waals surface area contributed by atoms with Crippen molar-refractivity contribution < 1.29 is 27.1 Å². The number of carbonyl (C=O) groups is 1. The summed E-state index contributed by atoms with van der Waals surface area (Å²) >= 11 is 1.20. The summed E-state index contributed by atoms with van der Waals surface area (Å²) in [6.07, 6.45) is 1.44. The number of thioether (sulfide) groups is 1. The van der Waals surface area contributed by atoms with Gasteiger partial charge in [0.1, 0.15) is 41.4 Å². The number of benzene rings is 2. The van der Waals surface area contributed by atoms with E-state index < -0.39 is 16.0 Å². The number of carbonyl (C=O) groups excluding carboxylic acids is 1. The van der Waals surface area contributed by atoms with Crippen LogP contribution < -0.4 is 9.88 Å². The molecule has 2 aromatic heterocycles. The van der Waals surface area contributed by atoms with E-state index in [4.69, 9.17) is 19.0 Å². The second-order valence-corrected chi connectivity index (χ2v) is 8.85. The van der Waals surface area contributed by atoms with Gasteiger partial charge in [-0.25, -0.2) is 23.5 Å². The van der Waals surface area contributed by atoms with Gasteiger partial charge in [-0.05, 0) is 36.4 Å². The summed E-state index contributed by atoms with van der Waals surface area (Å²) in [5.41, 5.74) is 1.94. The van der Waals surface area contributed by atoms with Crippen molar-refractivity contribution in [3.63, 3.8) is 0 Å². The number of rotatable bonds is 8. The average Bonchev–Trinajstić information content (AvgIpc) is 3.14. The lowest BCUT2D eigenvalue weighted by Gasteiger charge is -2.08. The van der Waals surface area contributed by atoms with Crippen LogP contribution in [0.15, 0.2) is 69.2 Å². The topological polar surface area (TPSA) is 135 Å². The number of hydrogen-bond donors (Lipinski definition) is 1. The molecule has 4 rings (SSSR count). The van der Waals surface area contributed by atoms with Crippen LogP contribution in [0.5, 0.6) is 5.75 Å². The van der Waals surface area contributed by atoms with Gasteiger partial charge in [0.15, 0.2) is 5.58 Å². The second-order valence-electron chi connectivity index (χ2n) is 6.33. The second kappa shape index (κ2) is 8.92. The predicted molar refractivity (Wildman–Crippen MR) is 114 cm³/mol. The zero-order chi connectivity index (χ0) is 21.8. The molecule has 160 valence electrons. The van der Waals surface area contributed by atoms with Crippen molar-refractivity contribution in [2.45, 2.75) is 9.92 Å². The number of ether oxygens (including phenoxy) is 2. The van der Waals surface area contributed by atoms with Crippen molar-refractivity contribution in [2.75, 3.05) is 19.0 Å². The van der Waals surface area contributed by atoms with Gasteiger partial charge in [-0.15, -0.1) is 0 Å². The highest BCUT2D eigenvalue weighted by atomic mass is 32.2. The molecule has 0 aliphatic heterocycles. The van der Waals surface area contributed by atoms with E-state index in [1.807, 2.05) is 24.3 Å². The highest BCUT2D eigenvalue weighted by Gasteiger charge is 2.15. The third-order valence-electron chi connectivity index (χ3n) is 4.22. The number of fused-ring (bicyclic) bond motifs is 3. The molecule has 11 heteroatoms. The van der Waals surface area contributed by atoms with E-state index in [9.17, 15) is 13.2 Å². The minimum Gasteiger partial charge on any atom is -0.490 e. The molecule has 0 aliphatic rings. The fourth-order valence-electron chi connectivity index (χ4n) is 2.81. The van der Waals surface area contributed by atoms with E-state index in [-0.39, 0.29) is 23.9 Å². The monoisotopic (exact) mass is 459 g/mol. The van der Waals surface area contributed by atoms with Crippen LogP contribution in [0, 0.1) is 0 Å². The Morgan fingerprint density at radius 3 is 2.61 bits per heavy atom. The molecule has 2 N–H and O–H groups in total. The van der Waals surface area contributed by atoms with E-state index >= 15 is 0 Å². The Labute approximate surface area is 181 Å². The van der Waals surface area contributed by atoms with Gasteiger partial charge in [-0.2, -0.15) is 0 Å². The highest BCUT2D eigenvalue weighted by molar-refractivity contribution is 8.00. The molecule has 0 atom stereocenters. The first kappa shape index (κ1) is 21.1. The molecule has 0 radical (unpaired) electrons. The number of nitrogens with two attached hydrogens (primary N) is 1. The number of sulfonamides is 1. The maximum absolute atomic E-state index is 12.0. The summed E-state index contributed by atoms with van der Waals surface area (Å²) in [6.45, 7) is 0.159. The molecule has 0 fully saturated rings. The fraction of sp³-hybridized carbons (Fsp3) is 0.150. The van der Waals surface area contributed by atoms with Gasteiger partial charge in [-0.1, -0.05) is 23.9 Å². The van der Waals surface area contributed by atoms with Gasteiger partial charge in [0.25, 0.3) is 0 Å². The van der Waals surface area contributed by atoms with Crippen molar-refractivity contribution in [3.05, 3.63) is 54.9 Å². The minimum atomic E-state index is -3.75. The predicted octanol–water partition coefficient (Wildman–Crippen LogP) is 2.74. The van der Waals surface area contributed by atoms with E-state index in [0.717, 1.165) is 5.39 Å². The zero-order valence-corrected chi connectivity index (χ0v) is 17.7. The molecule has 0 unspecified atom stereocenters. The Morgan fingerprint density at radius 2 is 1.84 bits per heavy atom. The maximum atomic E-state index is 12.0. The first-order valence-electron chi connectivity index (χ1n) is 9.08. The SMILES string of the molecule is NS(=O)(=O)c1ccc(OCCOC(=O)CSc2ncnc3c2oc2ccccc23)cc1. The molecule has 0 amide bonds. The molecule has 0 saturated heterocycles. The average molecular weight is 460 g/mol. The summed E-state index contributed by atoms with van der Waals surface area (Å²) in [4.78, 5) is 20.5. The first-order chi connectivity index (χ1) is 14.9. The summed E-state index contributed by atoms with van der Waals surface area (Å²) in [6, 6.07) is 13.2. The van der Waals surface area contributed by atoms with Crippen LogP contribution in [0.3, 0.4) is 0 Å². The maximum Gasteiger partial charge on any atom is 0.316 e. The van der Waals surface area contributed by atoms with E-state index in [1.165, 1.54) is 42.4 Å². The normalized spacial score (nSPS) is 11.6. The molecule has 0 saturated carbocycles. The molecular formula is C20H17N3O6S2. The zero-order valence-electron chi connectivity index (χ0n) is 16.1. The van der Waals surface area contributed by atoms with Gasteiger partial charge in [0, 0.05) is 5.39 Å². The van der Waals surface area contributed by atoms with Crippen LogP contribution in [-0.2, 0) is 19.6 Å². The number of nitrogens with zero attached hydrogens (tertiary/aromatic N) is 2. The molecule has 0 bridgehead atoms. The number of para-hydroxylation sites is 1. The Bertz CT molecular complexity index is 1340. The molecule has 0 spiro atoms. The Kier molecular flexibility index (Phi) is 6.07. The molecular weight excluding hydrogens is 442 g/mol. The molecule has 31 heavy (non-hydrogen) atoms. The van der Waals surface area contributed by atoms with Gasteiger partial charge in [0.05, 0.1) is 10.6 Å². The van der Waals surface area contributed by atoms with Gasteiger partial charge in [0.2, 0.25) is 10.0 Å². The Balaban J connectivity index is 1.27. The number of esters is 1. The van der Waals surface area contributed by atoms with Gasteiger partial charge < -0.3 is 13.9 Å².